The van der Waals surface area contributed by atoms with Gasteiger partial charge in [-0.3, -0.25) is 24.7 Å². The largest absolute Gasteiger partial charge is 0.494 e. The number of carbonyl (C=O) groups is 3. The maximum Gasteiger partial charge on any atom is 0.269 e. The maximum atomic E-state index is 13.7. The van der Waals surface area contributed by atoms with Crippen LogP contribution in [0, 0.1) is 5.82 Å². The first-order valence-corrected chi connectivity index (χ1v) is 12.5. The summed E-state index contributed by atoms with van der Waals surface area (Å²) < 4.78 is 19.2. The number of rotatable bonds is 10. The Bertz CT molecular complexity index is 1320. The van der Waals surface area contributed by atoms with Gasteiger partial charge in [0.25, 0.3) is 11.8 Å². The zero-order chi connectivity index (χ0) is 27.1. The van der Waals surface area contributed by atoms with Crippen LogP contribution in [0.4, 0.5) is 10.1 Å². The van der Waals surface area contributed by atoms with Crippen molar-refractivity contribution in [3.05, 3.63) is 95.8 Å². The second-order valence-electron chi connectivity index (χ2n) is 8.65. The fourth-order valence-corrected chi connectivity index (χ4v) is 4.24. The van der Waals surface area contributed by atoms with E-state index in [1.807, 2.05) is 37.3 Å². The Morgan fingerprint density at radius 3 is 2.45 bits per heavy atom. The van der Waals surface area contributed by atoms with E-state index in [0.717, 1.165) is 18.1 Å². The molecule has 38 heavy (non-hydrogen) atoms. The van der Waals surface area contributed by atoms with Gasteiger partial charge in [-0.25, -0.2) is 9.40 Å². The van der Waals surface area contributed by atoms with Crippen LogP contribution < -0.4 is 15.5 Å². The monoisotopic (exact) mass is 534 g/mol. The van der Waals surface area contributed by atoms with Crippen molar-refractivity contribution in [3.63, 3.8) is 0 Å². The van der Waals surface area contributed by atoms with Gasteiger partial charge >= 0.3 is 0 Å². The van der Waals surface area contributed by atoms with Crippen LogP contribution in [0.2, 0.25) is 0 Å². The Morgan fingerprint density at radius 1 is 1.03 bits per heavy atom. The van der Waals surface area contributed by atoms with Crippen molar-refractivity contribution >= 4 is 40.7 Å². The summed E-state index contributed by atoms with van der Waals surface area (Å²) in [7, 11) is 0. The summed E-state index contributed by atoms with van der Waals surface area (Å²) in [6, 6.07) is 20.2. The molecule has 1 saturated heterocycles. The summed E-state index contributed by atoms with van der Waals surface area (Å²) in [6.45, 7) is 2.77. The highest BCUT2D eigenvalue weighted by Gasteiger charge is 2.44. The molecule has 2 N–H and O–H groups in total. The molecule has 196 valence electrons. The molecule has 1 fully saturated rings. The van der Waals surface area contributed by atoms with Gasteiger partial charge in [0, 0.05) is 11.3 Å². The van der Waals surface area contributed by atoms with Crippen LogP contribution in [0.25, 0.3) is 0 Å². The fraction of sp³-hybridized carbons (Fsp3) is 0.214. The third kappa shape index (κ3) is 6.51. The van der Waals surface area contributed by atoms with Crippen molar-refractivity contribution in [2.24, 2.45) is 0 Å². The molecule has 8 nitrogen and oxygen atoms in total. The van der Waals surface area contributed by atoms with Crippen LogP contribution in [0.1, 0.15) is 35.7 Å². The molecule has 0 aliphatic carbocycles. The lowest BCUT2D eigenvalue weighted by molar-refractivity contribution is -0.131. The molecule has 3 aromatic rings. The SMILES string of the molecule is CCCOc1ccc(NC(=O)CC2C(=O)N(Cc3ccccc3)C(=S)N2NC(=O)c2cccc(F)c2)cc1. The molecule has 0 aromatic heterocycles. The van der Waals surface area contributed by atoms with Crippen molar-refractivity contribution in [2.45, 2.75) is 32.4 Å². The highest BCUT2D eigenvalue weighted by atomic mass is 32.1. The number of hydrogen-bond donors (Lipinski definition) is 2. The van der Waals surface area contributed by atoms with E-state index in [-0.39, 0.29) is 23.6 Å². The second-order valence-corrected chi connectivity index (χ2v) is 9.02. The van der Waals surface area contributed by atoms with Crippen LogP contribution in [-0.4, -0.2) is 45.4 Å². The lowest BCUT2D eigenvalue weighted by Crippen LogP contribution is -2.49. The maximum absolute atomic E-state index is 13.7. The average molecular weight is 535 g/mol. The van der Waals surface area contributed by atoms with Crippen LogP contribution in [-0.2, 0) is 16.1 Å². The molecule has 3 amide bonds. The Balaban J connectivity index is 1.51. The van der Waals surface area contributed by atoms with Crippen molar-refractivity contribution in [3.8, 4) is 5.75 Å². The zero-order valence-corrected chi connectivity index (χ0v) is 21.5. The van der Waals surface area contributed by atoms with Crippen LogP contribution in [0.3, 0.4) is 0 Å². The van der Waals surface area contributed by atoms with Gasteiger partial charge in [0.05, 0.1) is 19.6 Å². The highest BCUT2D eigenvalue weighted by Crippen LogP contribution is 2.23. The Labute approximate surface area is 225 Å². The summed E-state index contributed by atoms with van der Waals surface area (Å²) >= 11 is 5.54. The third-order valence-corrected chi connectivity index (χ3v) is 6.20. The van der Waals surface area contributed by atoms with E-state index >= 15 is 0 Å². The number of amides is 3. The van der Waals surface area contributed by atoms with Gasteiger partial charge in [-0.1, -0.05) is 43.3 Å². The first-order valence-electron chi connectivity index (χ1n) is 12.1. The van der Waals surface area contributed by atoms with E-state index in [2.05, 4.69) is 10.7 Å². The molecule has 1 atom stereocenters. The Hall–Kier alpha value is -4.31. The summed E-state index contributed by atoms with van der Waals surface area (Å²) in [5.74, 6) is -1.43. The van der Waals surface area contributed by atoms with E-state index in [1.165, 1.54) is 28.1 Å². The summed E-state index contributed by atoms with van der Waals surface area (Å²) in [5.41, 5.74) is 4.00. The number of hydrogen-bond acceptors (Lipinski definition) is 5. The van der Waals surface area contributed by atoms with Crippen LogP contribution >= 0.6 is 12.2 Å². The van der Waals surface area contributed by atoms with Gasteiger partial charge in [0.15, 0.2) is 5.11 Å². The van der Waals surface area contributed by atoms with E-state index < -0.39 is 29.6 Å². The minimum Gasteiger partial charge on any atom is -0.494 e. The van der Waals surface area contributed by atoms with Crippen molar-refractivity contribution in [2.75, 3.05) is 11.9 Å². The van der Waals surface area contributed by atoms with E-state index in [4.69, 9.17) is 17.0 Å². The number of benzene rings is 3. The van der Waals surface area contributed by atoms with Gasteiger partial charge in [-0.05, 0) is 66.7 Å². The minimum atomic E-state index is -1.09. The molecule has 4 rings (SSSR count). The molecule has 1 aliphatic heterocycles. The normalized spacial score (nSPS) is 14.9. The summed E-state index contributed by atoms with van der Waals surface area (Å²) in [4.78, 5) is 40.6. The van der Waals surface area contributed by atoms with Gasteiger partial charge in [0.2, 0.25) is 5.91 Å². The van der Waals surface area contributed by atoms with Crippen LogP contribution in [0.15, 0.2) is 78.9 Å². The standard InChI is InChI=1S/C28H27FN4O4S/c1-2-15-37-23-13-11-22(12-14-23)30-25(34)17-24-27(36)32(18-19-7-4-3-5-8-19)28(38)33(24)31-26(35)20-9-6-10-21(29)16-20/h3-14,16,24H,2,15,17-18H2,1H3,(H,30,34)(H,31,35). The zero-order valence-electron chi connectivity index (χ0n) is 20.7. The van der Waals surface area contributed by atoms with Gasteiger partial charge in [-0.15, -0.1) is 0 Å². The third-order valence-electron chi connectivity index (χ3n) is 5.78. The Kier molecular flexibility index (Phi) is 8.65. The first-order chi connectivity index (χ1) is 18.4. The minimum absolute atomic E-state index is 0.0406. The van der Waals surface area contributed by atoms with Gasteiger partial charge in [0.1, 0.15) is 17.6 Å². The lowest BCUT2D eigenvalue weighted by Gasteiger charge is -2.24. The molecule has 3 aromatic carbocycles. The molecular formula is C28H27FN4O4S. The lowest BCUT2D eigenvalue weighted by atomic mass is 10.1. The van der Waals surface area contributed by atoms with Crippen LogP contribution in [0.5, 0.6) is 5.75 Å². The number of thiocarbonyl (C=S) groups is 1. The van der Waals surface area contributed by atoms with Gasteiger partial charge in [-0.2, -0.15) is 0 Å². The number of ether oxygens (including phenoxy) is 1. The predicted octanol–water partition coefficient (Wildman–Crippen LogP) is 4.29. The molecule has 0 bridgehead atoms. The fourth-order valence-electron chi connectivity index (χ4n) is 3.91. The molecule has 1 unspecified atom stereocenters. The number of carbonyl (C=O) groups excluding carboxylic acids is 3. The van der Waals surface area contributed by atoms with Crippen molar-refractivity contribution < 1.29 is 23.5 Å². The number of nitrogens with zero attached hydrogens (tertiary/aromatic N) is 2. The van der Waals surface area contributed by atoms with E-state index in [1.54, 1.807) is 24.3 Å². The van der Waals surface area contributed by atoms with Crippen molar-refractivity contribution in [1.29, 1.82) is 0 Å². The predicted molar refractivity (Wildman–Crippen MR) is 145 cm³/mol. The first kappa shape index (κ1) is 26.7. The second kappa shape index (κ2) is 12.3. The quantitative estimate of drug-likeness (QED) is 0.377. The average Bonchev–Trinajstić information content (AvgIpc) is 3.12. The molecule has 0 spiro atoms. The van der Waals surface area contributed by atoms with E-state index in [9.17, 15) is 18.8 Å². The number of anilines is 1. The smallest absolute Gasteiger partial charge is 0.269 e. The number of nitrogens with one attached hydrogen (secondary N) is 2. The van der Waals surface area contributed by atoms with E-state index in [0.29, 0.717) is 18.0 Å². The topological polar surface area (TPSA) is 91.0 Å². The van der Waals surface area contributed by atoms with Gasteiger partial charge < -0.3 is 10.1 Å². The molecule has 1 heterocycles. The molecular weight excluding hydrogens is 507 g/mol. The molecule has 10 heteroatoms. The molecule has 1 aliphatic rings. The highest BCUT2D eigenvalue weighted by molar-refractivity contribution is 7.80. The summed E-state index contributed by atoms with van der Waals surface area (Å²) in [6.07, 6.45) is 0.602. The molecule has 0 saturated carbocycles. The summed E-state index contributed by atoms with van der Waals surface area (Å²) in [5, 5.41) is 4.01. The Morgan fingerprint density at radius 2 is 1.76 bits per heavy atom. The number of hydrazine groups is 1. The number of halogens is 1. The van der Waals surface area contributed by atoms with Crippen molar-refractivity contribution in [1.82, 2.24) is 15.3 Å². The molecule has 0 radical (unpaired) electrons.